The molecule has 0 aliphatic carbocycles. The van der Waals surface area contributed by atoms with Crippen LogP contribution in [0.4, 0.5) is 0 Å². The van der Waals surface area contributed by atoms with Crippen molar-refractivity contribution in [3.8, 4) is 0 Å². The van der Waals surface area contributed by atoms with Crippen molar-refractivity contribution >= 4 is 22.5 Å². The van der Waals surface area contributed by atoms with E-state index in [-0.39, 0.29) is 0 Å². The lowest BCUT2D eigenvalue weighted by molar-refractivity contribution is 0.167. The van der Waals surface area contributed by atoms with E-state index in [1.54, 1.807) is 0 Å². The normalized spacial score (nSPS) is 16.6. The fraction of sp³-hybridized carbons (Fsp3) is 0.474. The average molecular weight is 374 g/mol. The number of benzene rings is 1. The molecule has 1 aliphatic heterocycles. The van der Waals surface area contributed by atoms with Crippen LogP contribution in [-0.4, -0.2) is 36.1 Å². The summed E-state index contributed by atoms with van der Waals surface area (Å²) in [6.07, 6.45) is 1.22. The second-order valence-electron chi connectivity index (χ2n) is 6.98. The summed E-state index contributed by atoms with van der Waals surface area (Å²) in [5.74, 6) is 0. The predicted molar refractivity (Wildman–Crippen MR) is 102 cm³/mol. The monoisotopic (exact) mass is 373 g/mol. The van der Waals surface area contributed by atoms with Gasteiger partial charge in [-0.05, 0) is 31.0 Å². The van der Waals surface area contributed by atoms with Gasteiger partial charge in [0.05, 0.1) is 33.7 Å². The first-order chi connectivity index (χ1) is 12.6. The summed E-state index contributed by atoms with van der Waals surface area (Å²) in [4.78, 5) is 2.38. The van der Waals surface area contributed by atoms with Gasteiger partial charge < -0.3 is 5.11 Å². The largest absolute Gasteiger partial charge is 0.387 e. The molecular weight excluding hydrogens is 350 g/mol. The number of hydrogen-bond acceptors (Lipinski definition) is 4. The van der Waals surface area contributed by atoms with Crippen molar-refractivity contribution in [3.63, 3.8) is 0 Å². The maximum Gasteiger partial charge on any atom is 0.0975 e. The lowest BCUT2D eigenvalue weighted by atomic mass is 10.2. The second-order valence-corrected chi connectivity index (χ2v) is 7.38. The van der Waals surface area contributed by atoms with Crippen LogP contribution in [0.3, 0.4) is 0 Å². The number of nitrogens with zero attached hydrogens (tertiary/aromatic N) is 5. The molecule has 0 spiro atoms. The first kappa shape index (κ1) is 17.5. The van der Waals surface area contributed by atoms with Crippen molar-refractivity contribution in [1.29, 1.82) is 0 Å². The zero-order chi connectivity index (χ0) is 18.3. The molecule has 0 saturated heterocycles. The number of fused-ring (bicyclic) bond motifs is 2. The van der Waals surface area contributed by atoms with Gasteiger partial charge in [0.25, 0.3) is 0 Å². The number of aromatic nitrogens is 4. The molecule has 1 aromatic carbocycles. The Kier molecular flexibility index (Phi) is 4.73. The average Bonchev–Trinajstić information content (AvgIpc) is 3.11. The van der Waals surface area contributed by atoms with Crippen molar-refractivity contribution in [3.05, 3.63) is 46.4 Å². The van der Waals surface area contributed by atoms with Crippen LogP contribution in [0.25, 0.3) is 10.9 Å². The topological polar surface area (TPSA) is 59.1 Å². The van der Waals surface area contributed by atoms with Crippen LogP contribution in [0, 0.1) is 0 Å². The number of halogens is 1. The molecule has 3 heterocycles. The van der Waals surface area contributed by atoms with E-state index in [1.165, 1.54) is 0 Å². The third kappa shape index (κ3) is 3.13. The summed E-state index contributed by atoms with van der Waals surface area (Å²) in [6, 6.07) is 7.97. The maximum atomic E-state index is 10.1. The van der Waals surface area contributed by atoms with Gasteiger partial charge in [0.15, 0.2) is 0 Å². The molecule has 0 saturated carbocycles. The van der Waals surface area contributed by atoms with E-state index in [9.17, 15) is 5.11 Å². The van der Waals surface area contributed by atoms with Crippen molar-refractivity contribution in [2.24, 2.45) is 7.05 Å². The smallest absolute Gasteiger partial charge is 0.0975 e. The van der Waals surface area contributed by atoms with Gasteiger partial charge in [-0.1, -0.05) is 24.6 Å². The Labute approximate surface area is 158 Å². The minimum Gasteiger partial charge on any atom is -0.387 e. The predicted octanol–water partition coefficient (Wildman–Crippen LogP) is 3.27. The van der Waals surface area contributed by atoms with E-state index in [0.29, 0.717) is 6.42 Å². The van der Waals surface area contributed by atoms with Gasteiger partial charge in [-0.2, -0.15) is 10.2 Å². The molecule has 1 atom stereocenters. The van der Waals surface area contributed by atoms with Gasteiger partial charge in [0, 0.05) is 38.6 Å². The Bertz CT molecular complexity index is 932. The zero-order valence-electron chi connectivity index (χ0n) is 15.2. The lowest BCUT2D eigenvalue weighted by Crippen LogP contribution is -2.23. The summed E-state index contributed by atoms with van der Waals surface area (Å²) in [6.45, 7) is 5.38. The molecule has 0 radical (unpaired) electrons. The molecule has 3 aromatic rings. The highest BCUT2D eigenvalue weighted by molar-refractivity contribution is 6.35. The van der Waals surface area contributed by atoms with Crippen molar-refractivity contribution in [1.82, 2.24) is 24.5 Å². The molecule has 0 amide bonds. The minimum atomic E-state index is -0.485. The molecule has 6 nitrogen and oxygen atoms in total. The van der Waals surface area contributed by atoms with Gasteiger partial charge in [-0.3, -0.25) is 14.3 Å². The Morgan fingerprint density at radius 3 is 2.92 bits per heavy atom. The quantitative estimate of drug-likeness (QED) is 0.762. The second kappa shape index (κ2) is 7.02. The molecule has 0 fully saturated rings. The number of aliphatic hydroxyl groups excluding tert-OH is 1. The van der Waals surface area contributed by atoms with E-state index in [0.717, 1.165) is 65.6 Å². The molecule has 26 heavy (non-hydrogen) atoms. The van der Waals surface area contributed by atoms with Gasteiger partial charge in [-0.15, -0.1) is 0 Å². The third-order valence-corrected chi connectivity index (χ3v) is 5.43. The van der Waals surface area contributed by atoms with E-state index >= 15 is 0 Å². The molecule has 138 valence electrons. The third-order valence-electron chi connectivity index (χ3n) is 5.11. The first-order valence-electron chi connectivity index (χ1n) is 9.14. The Balaban J connectivity index is 1.61. The summed E-state index contributed by atoms with van der Waals surface area (Å²) in [5.41, 5.74) is 3.99. The number of rotatable bonds is 4. The fourth-order valence-corrected chi connectivity index (χ4v) is 4.01. The molecular formula is C19H24ClN5O. The van der Waals surface area contributed by atoms with Gasteiger partial charge in [-0.25, -0.2) is 0 Å². The molecule has 1 N–H and O–H groups in total. The van der Waals surface area contributed by atoms with Crippen molar-refractivity contribution in [2.75, 3.05) is 6.54 Å². The number of aliphatic hydroxyl groups is 1. The highest BCUT2D eigenvalue weighted by atomic mass is 35.5. The van der Waals surface area contributed by atoms with Crippen molar-refractivity contribution in [2.45, 2.75) is 45.5 Å². The lowest BCUT2D eigenvalue weighted by Gasteiger charge is -2.18. The van der Waals surface area contributed by atoms with Crippen LogP contribution < -0.4 is 0 Å². The van der Waals surface area contributed by atoms with Gasteiger partial charge in [0.2, 0.25) is 0 Å². The molecule has 2 aromatic heterocycles. The van der Waals surface area contributed by atoms with E-state index < -0.39 is 6.10 Å². The highest BCUT2D eigenvalue weighted by Gasteiger charge is 2.21. The van der Waals surface area contributed by atoms with Gasteiger partial charge >= 0.3 is 0 Å². The van der Waals surface area contributed by atoms with Crippen LogP contribution in [-0.2, 0) is 26.7 Å². The summed E-state index contributed by atoms with van der Waals surface area (Å²) >= 11 is 6.45. The highest BCUT2D eigenvalue weighted by Crippen LogP contribution is 2.28. The van der Waals surface area contributed by atoms with E-state index in [4.69, 9.17) is 16.7 Å². The number of hydrogen-bond donors (Lipinski definition) is 1. The van der Waals surface area contributed by atoms with Crippen LogP contribution in [0.5, 0.6) is 0 Å². The Morgan fingerprint density at radius 2 is 2.12 bits per heavy atom. The molecule has 0 bridgehead atoms. The van der Waals surface area contributed by atoms with Crippen LogP contribution in [0.15, 0.2) is 24.3 Å². The maximum absolute atomic E-state index is 10.1. The summed E-state index contributed by atoms with van der Waals surface area (Å²) in [5, 5.41) is 21.2. The molecule has 7 heteroatoms. The Hall–Kier alpha value is -1.89. The standard InChI is InChI=1S/C19H24ClN5O/c1-3-18(26)15-10-13-11-24(8-5-9-25(13)22-15)12-16-19-14(20)6-4-7-17(19)23(2)21-16/h4,6-7,10,18,26H,3,5,8-9,11-12H2,1-2H3/t18-/m1/s1. The molecule has 1 aliphatic rings. The number of aryl methyl sites for hydroxylation is 2. The fourth-order valence-electron chi connectivity index (χ4n) is 3.73. The zero-order valence-corrected chi connectivity index (χ0v) is 15.9. The van der Waals surface area contributed by atoms with Gasteiger partial charge in [0.1, 0.15) is 0 Å². The molecule has 4 rings (SSSR count). The van der Waals surface area contributed by atoms with Crippen molar-refractivity contribution < 1.29 is 5.11 Å². The van der Waals surface area contributed by atoms with E-state index in [1.807, 2.05) is 47.6 Å². The summed E-state index contributed by atoms with van der Waals surface area (Å²) < 4.78 is 3.94. The summed E-state index contributed by atoms with van der Waals surface area (Å²) in [7, 11) is 1.96. The van der Waals surface area contributed by atoms with Crippen LogP contribution >= 0.6 is 11.6 Å². The SMILES string of the molecule is CC[C@@H](O)c1cc2n(n1)CCCN(Cc1nn(C)c3cccc(Cl)c13)C2. The van der Waals surface area contributed by atoms with E-state index in [2.05, 4.69) is 10.00 Å². The van der Waals surface area contributed by atoms with Crippen LogP contribution in [0.2, 0.25) is 5.02 Å². The molecule has 0 unspecified atom stereocenters. The van der Waals surface area contributed by atoms with Crippen LogP contribution in [0.1, 0.15) is 43.0 Å². The Morgan fingerprint density at radius 1 is 1.27 bits per heavy atom. The minimum absolute atomic E-state index is 0.485. The first-order valence-corrected chi connectivity index (χ1v) is 9.51.